The van der Waals surface area contributed by atoms with Crippen LogP contribution in [0, 0.1) is 34.2 Å². The van der Waals surface area contributed by atoms with Gasteiger partial charge in [0.15, 0.2) is 48.0 Å². The molecule has 0 saturated carbocycles. The quantitative estimate of drug-likeness (QED) is 0.00547. The van der Waals surface area contributed by atoms with E-state index in [2.05, 4.69) is 76.7 Å². The van der Waals surface area contributed by atoms with Crippen LogP contribution in [0.2, 0.25) is 0 Å². The molecule has 5 saturated heterocycles. The Balaban J connectivity index is 0.641. The van der Waals surface area contributed by atoms with Gasteiger partial charge in [0.2, 0.25) is 46.7 Å². The Morgan fingerprint density at radius 1 is 0.762 bits per heavy atom. The molecule has 143 heavy (non-hydrogen) atoms. The predicted octanol–water partition coefficient (Wildman–Crippen LogP) is 4.59. The first-order valence-corrected chi connectivity index (χ1v) is 50.7. The number of aromatic amines is 1. The summed E-state index contributed by atoms with van der Waals surface area (Å²) in [5.41, 5.74) is 8.29. The van der Waals surface area contributed by atoms with Crippen molar-refractivity contribution in [3.05, 3.63) is 128 Å². The number of ketones is 1. The zero-order chi connectivity index (χ0) is 103. The van der Waals surface area contributed by atoms with Gasteiger partial charge in [-0.2, -0.15) is 5.48 Å². The van der Waals surface area contributed by atoms with Crippen LogP contribution in [0.5, 0.6) is 17.2 Å². The van der Waals surface area contributed by atoms with Crippen LogP contribution >= 0.6 is 55.9 Å². The van der Waals surface area contributed by atoms with E-state index >= 15 is 0 Å². The third-order valence-electron chi connectivity index (χ3n) is 24.6. The van der Waals surface area contributed by atoms with E-state index in [1.165, 1.54) is 81.3 Å². The Morgan fingerprint density at radius 3 is 2.22 bits per heavy atom. The number of unbranched alkanes of at least 4 members (excludes halogenated alkanes) is 2. The molecular weight excluding hydrogens is 2040 g/mol. The number of nitrogens with zero attached hydrogens (tertiary/aromatic N) is 1. The molecule has 6 aliphatic heterocycles. The van der Waals surface area contributed by atoms with Gasteiger partial charge in [-0.1, -0.05) is 99.9 Å². The van der Waals surface area contributed by atoms with Gasteiger partial charge >= 0.3 is 18.2 Å². The van der Waals surface area contributed by atoms with Gasteiger partial charge < -0.3 is 135 Å². The van der Waals surface area contributed by atoms with E-state index in [0.29, 0.717) is 46.1 Å². The van der Waals surface area contributed by atoms with Gasteiger partial charge in [0, 0.05) is 136 Å². The maximum atomic E-state index is 14.6. The number of methoxy groups -OCH3 is 5. The molecule has 1 aromatic heterocycles. The molecule has 776 valence electrons. The molecule has 43 nitrogen and oxygen atoms in total. The first kappa shape index (κ1) is 111. The number of imide groups is 1. The smallest absolute Gasteiger partial charge is 0.411 e. The number of aromatic nitrogens is 1. The maximum absolute atomic E-state index is 14.6. The molecule has 0 radical (unpaired) electrons. The Labute approximate surface area is 850 Å². The summed E-state index contributed by atoms with van der Waals surface area (Å²) in [7, 11) is 9.39. The van der Waals surface area contributed by atoms with E-state index in [-0.39, 0.29) is 142 Å². The molecule has 16 N–H and O–H groups in total. The molecule has 11 amide bonds. The van der Waals surface area contributed by atoms with Gasteiger partial charge in [-0.15, -0.1) is 0 Å². The van der Waals surface area contributed by atoms with Crippen molar-refractivity contribution >= 4 is 143 Å². The van der Waals surface area contributed by atoms with Crippen LogP contribution in [0.3, 0.4) is 0 Å². The molecule has 12 rings (SSSR count). The summed E-state index contributed by atoms with van der Waals surface area (Å²) in [4.78, 5) is 169. The van der Waals surface area contributed by atoms with Crippen molar-refractivity contribution in [2.45, 2.75) is 257 Å². The number of Topliss-reactive ketones (excluding diaryl/α,β-unsaturated/α-hetero) is 1. The number of aliphatic hydroxyl groups is 4. The molecule has 47 heteroatoms. The highest BCUT2D eigenvalue weighted by atomic mass is 127. The predicted molar refractivity (Wildman–Crippen MR) is 526 cm³/mol. The van der Waals surface area contributed by atoms with Crippen molar-refractivity contribution in [2.75, 3.05) is 79.4 Å². The number of nitrogens with two attached hydrogens (primary N) is 1. The number of alkyl carbamates (subject to hydrolysis) is 2. The largest absolute Gasteiger partial charge is 0.492 e. The number of primary amides is 1. The second-order valence-corrected chi connectivity index (χ2v) is 40.6. The highest BCUT2D eigenvalue weighted by Gasteiger charge is 2.59. The van der Waals surface area contributed by atoms with Gasteiger partial charge in [0.25, 0.3) is 11.8 Å². The van der Waals surface area contributed by atoms with Crippen LogP contribution in [-0.2, 0) is 108 Å². The van der Waals surface area contributed by atoms with Crippen molar-refractivity contribution < 1.29 is 149 Å². The standard InChI is InChI=1S/C96H121IN12O31S3/c1-49-72(79(127-8)83(129-10)80(74(49)97)137-89-78(118)81(128-9)84-91(138-84)139-89)88(121)142-85-51(3)133-71(43-62(85)111)140-108-75-50(2)134-90(82(77(75)117)136-70-44-65(126-7)61(48-131-70)103-52(4)110)135-64-25-15-12-13-19-35-96(125)45-63(112)76(107-94(124)130-11)73(64)57(96)34-41-141-143-95(5,6)36-33-66(113)99-38-39-101-93(123)132-47-53-27-29-55(30-28-53)104-86(119)59(24-21-37-100-92(98)122)106-87(120)60(42-54-46-102-58-23-18-17-22-56(54)58)105-67(114)26-16-14-20-40-109-68(115)31-32-69(109)116/h12-13,17-18,22-23,27-32,34,46,50-51,59-62,64-65,70-71,75,77-78,81-82,84-85,89-91,102,108,111,117-118,125H,14,16,20-21,24,26,33,36-45,47-48H2,1-11H3,(H,99,113)(H,101,123)(H,103,110)(H,104,119)(H,105,114)(H,106,120)(H,107,124)(H3,98,100,122)/b13-12-,57-34+/t50?,51?,59-,60-,61?,62?,64-,65?,70?,71?,75?,77?,78?,81?,82?,84?,85?,89?,90?,91?,96-/m0/s1. The molecule has 8 aliphatic rings. The maximum Gasteiger partial charge on any atom is 0.411 e. The van der Waals surface area contributed by atoms with E-state index in [1.54, 1.807) is 57.3 Å². The number of fused-ring (bicyclic) bond motifs is 4. The van der Waals surface area contributed by atoms with Crippen LogP contribution in [-0.4, -0.2) is 307 Å². The Morgan fingerprint density at radius 2 is 1.50 bits per heavy atom. The Hall–Kier alpha value is -10.5. The number of carbonyl (C=O) groups is 12. The van der Waals surface area contributed by atoms with Crippen molar-refractivity contribution in [3.8, 4) is 40.9 Å². The minimum atomic E-state index is -2.26. The lowest BCUT2D eigenvalue weighted by atomic mass is 9.75. The number of carbonyl (C=O) groups excluding carboxylic acids is 12. The number of para-hydroxylation sites is 1. The summed E-state index contributed by atoms with van der Waals surface area (Å²) < 4.78 is 83.4. The fraction of sp³-hybridized carbons (Fsp3) is 0.542. The number of epoxide rings is 1. The molecule has 3 aromatic carbocycles. The van der Waals surface area contributed by atoms with Crippen molar-refractivity contribution in [2.24, 2.45) is 5.73 Å². The summed E-state index contributed by atoms with van der Waals surface area (Å²) in [6.45, 7) is 10.1. The van der Waals surface area contributed by atoms with E-state index in [4.69, 9.17) is 76.9 Å². The SMILES string of the molecule is COC(=O)NC1=C2/C(=C\CSSC(C)(C)CCC(=O)NCCNC(=O)OCc3ccc(NC(=O)[C@H](CCCNC(N)=O)NC(=O)[C@H](Cc4c[nH]c5ccccc45)NC(=O)CCCCCN4C(=O)C=CC4=O)cc3)[C@](O)(C#C/C=C\C#C[C@@H]2OC2OC(C)C(NOC3CC(O)C(SC(=O)c4c(C)c(I)c(OC5OC6OC6C(OC)C5O)c(OC)c4OC)C(C)O3)C(O)C2OC2CC(OC)C(NC(C)=O)CO2)CC1=O. The van der Waals surface area contributed by atoms with E-state index in [9.17, 15) is 78.0 Å². The molecule has 0 spiro atoms. The van der Waals surface area contributed by atoms with Crippen molar-refractivity contribution in [1.82, 2.24) is 52.6 Å². The lowest BCUT2D eigenvalue weighted by molar-refractivity contribution is -0.336. The number of amides is 11. The topological polar surface area (TPSA) is 581 Å². The van der Waals surface area contributed by atoms with Crippen LogP contribution in [0.4, 0.5) is 20.1 Å². The Kier molecular flexibility index (Phi) is 40.5. The zero-order valence-electron chi connectivity index (χ0n) is 80.5. The average molecular weight is 2160 g/mol. The molecule has 21 atom stereocenters. The Bertz CT molecular complexity index is 5520. The molecule has 4 aromatic rings. The summed E-state index contributed by atoms with van der Waals surface area (Å²) in [6, 6.07) is 8.85. The number of ether oxygens (including phenoxy) is 14. The second-order valence-electron chi connectivity index (χ2n) is 35.3. The van der Waals surface area contributed by atoms with Crippen LogP contribution < -0.4 is 68.0 Å². The molecule has 2 bridgehead atoms. The van der Waals surface area contributed by atoms with Gasteiger partial charge in [0.1, 0.15) is 55.3 Å². The van der Waals surface area contributed by atoms with E-state index < -0.39 is 197 Å². The van der Waals surface area contributed by atoms with Crippen LogP contribution in [0.25, 0.3) is 10.9 Å². The molecule has 2 aliphatic carbocycles. The van der Waals surface area contributed by atoms with Gasteiger partial charge in [-0.25, -0.2) is 14.4 Å². The molecule has 5 fully saturated rings. The highest BCUT2D eigenvalue weighted by Crippen LogP contribution is 2.51. The fourth-order valence-electron chi connectivity index (χ4n) is 17.0. The average Bonchev–Trinajstić information content (AvgIpc) is 1.50. The molecule has 7 heterocycles. The summed E-state index contributed by atoms with van der Waals surface area (Å²) >= 11 is 2.79. The summed E-state index contributed by atoms with van der Waals surface area (Å²) in [6.07, 6.45) is -9.44. The highest BCUT2D eigenvalue weighted by molar-refractivity contribution is 14.1. The number of nitrogens with one attached hydrogen (secondary N) is 10. The number of thioether (sulfide) groups is 1. The number of halogens is 1. The van der Waals surface area contributed by atoms with Crippen molar-refractivity contribution in [1.29, 1.82) is 0 Å². The number of anilines is 1. The lowest BCUT2D eigenvalue weighted by Crippen LogP contribution is -2.65. The number of benzene rings is 3. The van der Waals surface area contributed by atoms with Gasteiger partial charge in [0.05, 0.1) is 90.9 Å². The number of rotatable bonds is 46. The summed E-state index contributed by atoms with van der Waals surface area (Å²) in [5, 5.41) is 69.7. The van der Waals surface area contributed by atoms with Crippen molar-refractivity contribution in [3.63, 3.8) is 0 Å². The number of hydroxylamine groups is 1. The first-order valence-electron chi connectivity index (χ1n) is 46.4. The molecular formula is C96H121IN12O31S3. The lowest BCUT2D eigenvalue weighted by Gasteiger charge is -2.46. The monoisotopic (exact) mass is 2160 g/mol. The number of hydrogen-bond acceptors (Lipinski definition) is 35. The minimum Gasteiger partial charge on any atom is -0.492 e. The fourth-order valence-corrected chi connectivity index (χ4v) is 21.2. The van der Waals surface area contributed by atoms with Crippen LogP contribution in [0.15, 0.2) is 102 Å². The number of H-pyrrole nitrogens is 1. The van der Waals surface area contributed by atoms with Crippen LogP contribution in [0.1, 0.15) is 132 Å². The number of allylic oxidation sites excluding steroid dienone is 3. The minimum absolute atomic E-state index is 0.00357. The number of urea groups is 1. The second kappa shape index (κ2) is 52.0. The van der Waals surface area contributed by atoms with E-state index in [0.717, 1.165) is 40.2 Å². The number of aliphatic hydroxyl groups excluding tert-OH is 3. The van der Waals surface area contributed by atoms with Gasteiger partial charge in [-0.05, 0) is 136 Å². The third-order valence-corrected chi connectivity index (χ3v) is 30.4. The molecule has 17 unspecified atom stereocenters. The van der Waals surface area contributed by atoms with Gasteiger partial charge in [-0.3, -0.25) is 58.2 Å². The number of hydrogen-bond donors (Lipinski definition) is 15. The zero-order valence-corrected chi connectivity index (χ0v) is 85.1. The third kappa shape index (κ3) is 29.7. The van der Waals surface area contributed by atoms with E-state index in [1.807, 2.05) is 60.7 Å². The first-order chi connectivity index (χ1) is 68.4. The normalized spacial score (nSPS) is 26.9. The summed E-state index contributed by atoms with van der Waals surface area (Å²) in [5.74, 6) is 7.73.